The fourth-order valence-electron chi connectivity index (χ4n) is 3.76. The number of piperazine rings is 1. The SMILES string of the molecule is CNc1nc(Cl)c(Cl)c(N2CCN(CCC3CCC(N)CC3)CC2)n1.Cl.Cl.O. The van der Waals surface area contributed by atoms with Crippen LogP contribution in [0.25, 0.3) is 0 Å². The molecule has 1 saturated heterocycles. The van der Waals surface area contributed by atoms with Crippen molar-refractivity contribution in [3.63, 3.8) is 0 Å². The van der Waals surface area contributed by atoms with Crippen molar-refractivity contribution in [2.75, 3.05) is 50.0 Å². The Balaban J connectivity index is 0.00000243. The molecule has 3 rings (SSSR count). The molecule has 0 amide bonds. The zero-order valence-corrected chi connectivity index (χ0v) is 19.3. The van der Waals surface area contributed by atoms with Crippen molar-refractivity contribution < 1.29 is 5.48 Å². The highest BCUT2D eigenvalue weighted by atomic mass is 35.5. The van der Waals surface area contributed by atoms with E-state index in [0.29, 0.717) is 22.2 Å². The van der Waals surface area contributed by atoms with Gasteiger partial charge in [0, 0.05) is 39.3 Å². The number of anilines is 2. The third-order valence-corrected chi connectivity index (χ3v) is 6.15. The number of nitrogens with zero attached hydrogens (tertiary/aromatic N) is 4. The number of nitrogens with two attached hydrogens (primary N) is 1. The molecule has 1 saturated carbocycles. The molecule has 0 spiro atoms. The summed E-state index contributed by atoms with van der Waals surface area (Å²) in [6.07, 6.45) is 6.26. The van der Waals surface area contributed by atoms with Crippen molar-refractivity contribution in [3.05, 3.63) is 10.2 Å². The summed E-state index contributed by atoms with van der Waals surface area (Å²) < 4.78 is 0. The molecule has 1 aliphatic carbocycles. The van der Waals surface area contributed by atoms with Crippen LogP contribution in [0.4, 0.5) is 11.8 Å². The quantitative estimate of drug-likeness (QED) is 0.632. The molecule has 1 aromatic heterocycles. The summed E-state index contributed by atoms with van der Waals surface area (Å²) in [5.41, 5.74) is 6.00. The zero-order valence-electron chi connectivity index (χ0n) is 16.2. The van der Waals surface area contributed by atoms with E-state index in [1.165, 1.54) is 38.6 Å². The lowest BCUT2D eigenvalue weighted by molar-refractivity contribution is 0.216. The standard InChI is InChI=1S/C17H28Cl2N6.2ClH.H2O/c1-21-17-22-15(19)14(18)16(23-17)25-10-8-24(9-11-25)7-6-12-2-4-13(20)5-3-12;;;/h12-13H,2-11,20H2,1H3,(H,21,22,23);2*1H;1H2. The van der Waals surface area contributed by atoms with E-state index in [2.05, 4.69) is 25.1 Å². The number of hydrogen-bond donors (Lipinski definition) is 2. The maximum atomic E-state index is 6.32. The van der Waals surface area contributed by atoms with E-state index in [9.17, 15) is 0 Å². The van der Waals surface area contributed by atoms with Crippen LogP contribution in [-0.2, 0) is 0 Å². The molecule has 2 heterocycles. The van der Waals surface area contributed by atoms with Gasteiger partial charge in [-0.2, -0.15) is 9.97 Å². The van der Waals surface area contributed by atoms with E-state index in [1.807, 2.05) is 0 Å². The summed E-state index contributed by atoms with van der Waals surface area (Å²) in [5.74, 6) is 2.08. The van der Waals surface area contributed by atoms with Gasteiger partial charge in [-0.05, 0) is 44.6 Å². The zero-order chi connectivity index (χ0) is 17.8. The summed E-state index contributed by atoms with van der Waals surface area (Å²) in [7, 11) is 1.78. The van der Waals surface area contributed by atoms with Crippen molar-refractivity contribution in [1.29, 1.82) is 0 Å². The van der Waals surface area contributed by atoms with E-state index >= 15 is 0 Å². The van der Waals surface area contributed by atoms with Crippen LogP contribution in [0.1, 0.15) is 32.1 Å². The highest BCUT2D eigenvalue weighted by Crippen LogP contribution is 2.31. The third kappa shape index (κ3) is 7.20. The Kier molecular flexibility index (Phi) is 13.0. The lowest BCUT2D eigenvalue weighted by Gasteiger charge is -2.37. The Morgan fingerprint density at radius 3 is 2.21 bits per heavy atom. The second-order valence-electron chi connectivity index (χ2n) is 7.12. The second-order valence-corrected chi connectivity index (χ2v) is 7.86. The normalized spacial score (nSPS) is 22.5. The van der Waals surface area contributed by atoms with Gasteiger partial charge in [0.25, 0.3) is 0 Å². The number of nitrogens with one attached hydrogen (secondary N) is 1. The third-order valence-electron chi connectivity index (χ3n) is 5.43. The minimum Gasteiger partial charge on any atom is -0.412 e. The van der Waals surface area contributed by atoms with Crippen LogP contribution in [0.5, 0.6) is 0 Å². The lowest BCUT2D eigenvalue weighted by Crippen LogP contribution is -2.47. The molecule has 2 fully saturated rings. The first-order valence-corrected chi connectivity index (χ1v) is 9.96. The van der Waals surface area contributed by atoms with Crippen LogP contribution in [0.3, 0.4) is 0 Å². The molecule has 164 valence electrons. The highest BCUT2D eigenvalue weighted by Gasteiger charge is 2.24. The smallest absolute Gasteiger partial charge is 0.225 e. The molecule has 28 heavy (non-hydrogen) atoms. The second kappa shape index (κ2) is 13.1. The number of hydrogen-bond acceptors (Lipinski definition) is 6. The first-order valence-electron chi connectivity index (χ1n) is 9.20. The molecular formula is C17H32Cl4N6O. The van der Waals surface area contributed by atoms with Crippen molar-refractivity contribution in [2.24, 2.45) is 11.7 Å². The first kappa shape index (κ1) is 27.7. The predicted octanol–water partition coefficient (Wildman–Crippen LogP) is 2.87. The largest absolute Gasteiger partial charge is 0.412 e. The average Bonchev–Trinajstić information content (AvgIpc) is 2.64. The van der Waals surface area contributed by atoms with E-state index in [-0.39, 0.29) is 30.3 Å². The van der Waals surface area contributed by atoms with Gasteiger partial charge in [0.15, 0.2) is 11.0 Å². The van der Waals surface area contributed by atoms with Crippen LogP contribution in [0.15, 0.2) is 0 Å². The summed E-state index contributed by atoms with van der Waals surface area (Å²) in [4.78, 5) is 13.3. The molecule has 0 unspecified atom stereocenters. The van der Waals surface area contributed by atoms with Gasteiger partial charge < -0.3 is 21.4 Å². The Morgan fingerprint density at radius 2 is 1.64 bits per heavy atom. The van der Waals surface area contributed by atoms with Gasteiger partial charge in [-0.15, -0.1) is 24.8 Å². The van der Waals surface area contributed by atoms with Crippen LogP contribution < -0.4 is 16.0 Å². The molecule has 2 aliphatic rings. The van der Waals surface area contributed by atoms with Gasteiger partial charge in [0.05, 0.1) is 0 Å². The van der Waals surface area contributed by atoms with Crippen molar-refractivity contribution in [2.45, 2.75) is 38.1 Å². The van der Waals surface area contributed by atoms with E-state index in [4.69, 9.17) is 28.9 Å². The summed E-state index contributed by atoms with van der Waals surface area (Å²) in [6, 6.07) is 0.437. The molecule has 1 aromatic rings. The van der Waals surface area contributed by atoms with Crippen molar-refractivity contribution >= 4 is 59.8 Å². The molecule has 0 aromatic carbocycles. The Labute approximate surface area is 189 Å². The number of rotatable bonds is 5. The van der Waals surface area contributed by atoms with Gasteiger partial charge in [0.2, 0.25) is 5.95 Å². The maximum absolute atomic E-state index is 6.32. The monoisotopic (exact) mass is 476 g/mol. The minimum atomic E-state index is 0. The Hall–Kier alpha value is -0.280. The van der Waals surface area contributed by atoms with Crippen LogP contribution >= 0.6 is 48.0 Å². The molecule has 5 N–H and O–H groups in total. The lowest BCUT2D eigenvalue weighted by atomic mass is 9.84. The number of halogens is 4. The topological polar surface area (TPSA) is 102 Å². The van der Waals surface area contributed by atoms with Crippen LogP contribution in [0.2, 0.25) is 10.2 Å². The summed E-state index contributed by atoms with van der Waals surface area (Å²) in [6.45, 7) is 5.05. The Bertz CT molecular complexity index is 581. The highest BCUT2D eigenvalue weighted by molar-refractivity contribution is 6.42. The molecular weight excluding hydrogens is 446 g/mol. The fraction of sp³-hybridized carbons (Fsp3) is 0.765. The average molecular weight is 478 g/mol. The molecule has 11 heteroatoms. The fourth-order valence-corrected chi connectivity index (χ4v) is 4.12. The number of aromatic nitrogens is 2. The maximum Gasteiger partial charge on any atom is 0.225 e. The van der Waals surface area contributed by atoms with Crippen LogP contribution in [0, 0.1) is 5.92 Å². The van der Waals surface area contributed by atoms with Crippen molar-refractivity contribution in [1.82, 2.24) is 14.9 Å². The van der Waals surface area contributed by atoms with Gasteiger partial charge in [-0.3, -0.25) is 4.90 Å². The van der Waals surface area contributed by atoms with Crippen molar-refractivity contribution in [3.8, 4) is 0 Å². The van der Waals surface area contributed by atoms with Gasteiger partial charge >= 0.3 is 0 Å². The minimum absolute atomic E-state index is 0. The molecule has 0 radical (unpaired) electrons. The predicted molar refractivity (Wildman–Crippen MR) is 123 cm³/mol. The molecule has 1 aliphatic heterocycles. The van der Waals surface area contributed by atoms with Gasteiger partial charge in [-0.1, -0.05) is 23.2 Å². The van der Waals surface area contributed by atoms with Gasteiger partial charge in [-0.25, -0.2) is 0 Å². The Morgan fingerprint density at radius 1 is 1.04 bits per heavy atom. The van der Waals surface area contributed by atoms with E-state index in [0.717, 1.165) is 37.9 Å². The summed E-state index contributed by atoms with van der Waals surface area (Å²) in [5, 5.41) is 3.67. The van der Waals surface area contributed by atoms with Crippen LogP contribution in [-0.4, -0.2) is 66.2 Å². The first-order chi connectivity index (χ1) is 12.1. The van der Waals surface area contributed by atoms with E-state index < -0.39 is 0 Å². The van der Waals surface area contributed by atoms with Gasteiger partial charge in [0.1, 0.15) is 5.02 Å². The van der Waals surface area contributed by atoms with E-state index in [1.54, 1.807) is 7.05 Å². The molecule has 0 bridgehead atoms. The molecule has 0 atom stereocenters. The molecule has 7 nitrogen and oxygen atoms in total. The summed E-state index contributed by atoms with van der Waals surface area (Å²) >= 11 is 12.4.